The molecule has 1 aromatic carbocycles. The summed E-state index contributed by atoms with van der Waals surface area (Å²) < 4.78 is 14.6. The number of H-pyrrole nitrogens is 1. The fraction of sp³-hybridized carbons (Fsp3) is 0.462. The largest absolute Gasteiger partial charge is 0.352 e. The van der Waals surface area contributed by atoms with Crippen molar-refractivity contribution in [3.8, 4) is 0 Å². The van der Waals surface area contributed by atoms with E-state index < -0.39 is 35.0 Å². The van der Waals surface area contributed by atoms with Crippen LogP contribution in [0.3, 0.4) is 0 Å². The first kappa shape index (κ1) is 29.4. The number of amides is 2. The molecule has 3 heterocycles. The third-order valence-electron chi connectivity index (χ3n) is 7.62. The van der Waals surface area contributed by atoms with E-state index >= 15 is 0 Å². The number of carbonyl (C=O) groups excluding carboxylic acids is 3. The summed E-state index contributed by atoms with van der Waals surface area (Å²) in [5, 5.41) is 3.38. The van der Waals surface area contributed by atoms with E-state index in [4.69, 9.17) is 17.3 Å². The van der Waals surface area contributed by atoms with E-state index in [1.165, 1.54) is 28.4 Å². The molecule has 1 fully saturated rings. The summed E-state index contributed by atoms with van der Waals surface area (Å²) in [6.07, 6.45) is 1.50. The maximum atomic E-state index is 14.6. The molecule has 3 unspecified atom stereocenters. The lowest BCUT2D eigenvalue weighted by molar-refractivity contribution is -0.134. The van der Waals surface area contributed by atoms with Crippen molar-refractivity contribution in [1.29, 1.82) is 0 Å². The van der Waals surface area contributed by atoms with E-state index in [9.17, 15) is 18.8 Å². The van der Waals surface area contributed by atoms with Crippen LogP contribution in [0.4, 0.5) is 4.39 Å². The number of likely N-dealkylation sites (N-methyl/N-ethyl adjacent to an activating group) is 1. The smallest absolute Gasteiger partial charge is 0.280 e. The molecule has 2 amide bonds. The molecular formula is C26H31Cl2FN6O3S. The first-order chi connectivity index (χ1) is 18.0. The topological polar surface area (TPSA) is 124 Å². The third kappa shape index (κ3) is 5.43. The molecule has 13 heteroatoms. The highest BCUT2D eigenvalue weighted by Crippen LogP contribution is 2.36. The molecule has 0 bridgehead atoms. The van der Waals surface area contributed by atoms with Crippen LogP contribution in [0.1, 0.15) is 50.1 Å². The highest BCUT2D eigenvalue weighted by Gasteiger charge is 2.49. The molecule has 4 N–H and O–H groups in total. The number of thiazole rings is 1. The van der Waals surface area contributed by atoms with Gasteiger partial charge in [-0.2, -0.15) is 0 Å². The van der Waals surface area contributed by atoms with Crippen molar-refractivity contribution in [2.24, 2.45) is 11.7 Å². The number of halogens is 3. The molecule has 210 valence electrons. The van der Waals surface area contributed by atoms with Crippen LogP contribution in [0.15, 0.2) is 18.2 Å². The number of Topliss-reactive ketones (excluding diaryl/α,β-unsaturated/α-hetero) is 1. The zero-order valence-corrected chi connectivity index (χ0v) is 24.2. The fourth-order valence-corrected chi connectivity index (χ4v) is 6.66. The highest BCUT2D eigenvalue weighted by atomic mass is 35.5. The number of nitrogens with zero attached hydrogens (tertiary/aromatic N) is 3. The summed E-state index contributed by atoms with van der Waals surface area (Å²) in [5.74, 6) is -2.02. The van der Waals surface area contributed by atoms with Crippen LogP contribution in [-0.2, 0) is 17.8 Å². The zero-order chi connectivity index (χ0) is 27.4. The van der Waals surface area contributed by atoms with Crippen LogP contribution in [-0.4, -0.2) is 76.6 Å². The van der Waals surface area contributed by atoms with Crippen LogP contribution in [0.25, 0.3) is 10.9 Å². The van der Waals surface area contributed by atoms with E-state index in [0.29, 0.717) is 16.9 Å². The number of ketones is 1. The molecule has 2 aliphatic rings. The Balaban J connectivity index is 0.00000353. The fourth-order valence-electron chi connectivity index (χ4n) is 5.40. The molecule has 3 aromatic rings. The number of aromatic nitrogens is 2. The normalized spacial score (nSPS) is 23.1. The lowest BCUT2D eigenvalue weighted by Crippen LogP contribution is -2.66. The van der Waals surface area contributed by atoms with Crippen molar-refractivity contribution in [2.45, 2.75) is 43.8 Å². The molecule has 1 aliphatic heterocycles. The Bertz CT molecular complexity index is 1440. The molecule has 0 spiro atoms. The van der Waals surface area contributed by atoms with Crippen molar-refractivity contribution in [2.75, 3.05) is 27.7 Å². The molecule has 0 saturated heterocycles. The van der Waals surface area contributed by atoms with Crippen LogP contribution in [0.2, 0.25) is 5.02 Å². The summed E-state index contributed by atoms with van der Waals surface area (Å²) >= 11 is 7.25. The van der Waals surface area contributed by atoms with Crippen LogP contribution in [0, 0.1) is 11.7 Å². The average molecular weight is 598 g/mol. The lowest BCUT2D eigenvalue weighted by Gasteiger charge is -2.43. The zero-order valence-electron chi connectivity index (χ0n) is 21.8. The molecular weight excluding hydrogens is 566 g/mol. The van der Waals surface area contributed by atoms with Crippen LogP contribution >= 0.6 is 35.3 Å². The first-order valence-corrected chi connectivity index (χ1v) is 13.7. The minimum atomic E-state index is -1.52. The summed E-state index contributed by atoms with van der Waals surface area (Å²) in [6.45, 7) is 1.59. The van der Waals surface area contributed by atoms with Crippen molar-refractivity contribution in [1.82, 2.24) is 25.1 Å². The average Bonchev–Trinajstić information content (AvgIpc) is 3.51. The Morgan fingerprint density at radius 1 is 1.33 bits per heavy atom. The predicted octanol–water partition coefficient (Wildman–Crippen LogP) is 3.39. The maximum absolute atomic E-state index is 14.6. The Hall–Kier alpha value is -2.57. The number of benzene rings is 1. The van der Waals surface area contributed by atoms with Gasteiger partial charge in [0.15, 0.2) is 10.8 Å². The number of hydrogen-bond donors (Lipinski definition) is 3. The van der Waals surface area contributed by atoms with Gasteiger partial charge in [0.05, 0.1) is 22.5 Å². The summed E-state index contributed by atoms with van der Waals surface area (Å²) in [5.41, 5.74) is 6.72. The number of aromatic amines is 1. The maximum Gasteiger partial charge on any atom is 0.280 e. The second kappa shape index (κ2) is 11.1. The van der Waals surface area contributed by atoms with Crippen LogP contribution in [0.5, 0.6) is 0 Å². The number of carbonyl (C=O) groups is 3. The number of fused-ring (bicyclic) bond motifs is 2. The second-order valence-corrected chi connectivity index (χ2v) is 12.0. The van der Waals surface area contributed by atoms with Gasteiger partial charge in [-0.15, -0.1) is 23.7 Å². The summed E-state index contributed by atoms with van der Waals surface area (Å²) in [7, 11) is 5.36. The minimum Gasteiger partial charge on any atom is -0.352 e. The summed E-state index contributed by atoms with van der Waals surface area (Å²) in [4.78, 5) is 52.3. The quantitative estimate of drug-likeness (QED) is 0.388. The van der Waals surface area contributed by atoms with Crippen molar-refractivity contribution >= 4 is 63.8 Å². The first-order valence-electron chi connectivity index (χ1n) is 12.5. The lowest BCUT2D eigenvalue weighted by atomic mass is 9.70. The number of rotatable bonds is 5. The van der Waals surface area contributed by atoms with Gasteiger partial charge in [-0.3, -0.25) is 14.4 Å². The van der Waals surface area contributed by atoms with Gasteiger partial charge >= 0.3 is 0 Å². The minimum absolute atomic E-state index is 0. The molecule has 5 rings (SSSR count). The van der Waals surface area contributed by atoms with Gasteiger partial charge in [-0.05, 0) is 44.5 Å². The Morgan fingerprint density at radius 2 is 2.08 bits per heavy atom. The molecule has 39 heavy (non-hydrogen) atoms. The standard InChI is InChI=1S/C26H30ClFN6O3S.ClH/c1-33(2)25(37)13-6-8-26(29,22(35)18-11-14-16(30-18)5-4-15(27)21(14)28)20(10-13)32-23(36)24-31-17-7-9-34(3)12-19(17)38-24;/h4-5,11,13,20,30H,6-10,12,29H2,1-3H3,(H,32,36);1H. The number of hydrogen-bond acceptors (Lipinski definition) is 7. The molecule has 2 aromatic heterocycles. The van der Waals surface area contributed by atoms with Crippen molar-refractivity contribution in [3.63, 3.8) is 0 Å². The number of nitrogens with two attached hydrogens (primary N) is 1. The second-order valence-electron chi connectivity index (χ2n) is 10.5. The molecule has 3 atom stereocenters. The van der Waals surface area contributed by atoms with Gasteiger partial charge in [0, 0.05) is 55.3 Å². The third-order valence-corrected chi connectivity index (χ3v) is 8.99. The van der Waals surface area contributed by atoms with E-state index in [0.717, 1.165) is 30.1 Å². The van der Waals surface area contributed by atoms with Gasteiger partial charge in [0.2, 0.25) is 11.7 Å². The molecule has 1 aliphatic carbocycles. The van der Waals surface area contributed by atoms with Gasteiger partial charge in [0.1, 0.15) is 5.54 Å². The van der Waals surface area contributed by atoms with Gasteiger partial charge in [-0.1, -0.05) is 11.6 Å². The molecule has 0 radical (unpaired) electrons. The molecule has 1 saturated carbocycles. The van der Waals surface area contributed by atoms with Gasteiger partial charge in [0.25, 0.3) is 5.91 Å². The van der Waals surface area contributed by atoms with Crippen molar-refractivity contribution < 1.29 is 18.8 Å². The number of nitrogens with one attached hydrogen (secondary N) is 2. The van der Waals surface area contributed by atoms with Crippen LogP contribution < -0.4 is 11.1 Å². The van der Waals surface area contributed by atoms with E-state index in [1.807, 2.05) is 7.05 Å². The van der Waals surface area contributed by atoms with E-state index in [1.54, 1.807) is 20.2 Å². The SMILES string of the molecule is CN1CCc2nc(C(=O)NC3CC(C(=O)N(C)C)CCC3(N)C(=O)c3cc4c(F)c(Cl)ccc4[nH]3)sc2C1.Cl. The van der Waals surface area contributed by atoms with E-state index in [-0.39, 0.29) is 47.3 Å². The van der Waals surface area contributed by atoms with E-state index in [2.05, 4.69) is 20.2 Å². The van der Waals surface area contributed by atoms with Gasteiger partial charge in [-0.25, -0.2) is 9.37 Å². The van der Waals surface area contributed by atoms with Gasteiger partial charge < -0.3 is 25.8 Å². The monoisotopic (exact) mass is 596 g/mol. The molecule has 9 nitrogen and oxygen atoms in total. The highest BCUT2D eigenvalue weighted by molar-refractivity contribution is 7.13. The summed E-state index contributed by atoms with van der Waals surface area (Å²) in [6, 6.07) is 3.56. The Kier molecular flexibility index (Phi) is 8.39. The Morgan fingerprint density at radius 3 is 2.79 bits per heavy atom. The Labute approximate surface area is 240 Å². The van der Waals surface area contributed by atoms with Crippen molar-refractivity contribution in [3.05, 3.63) is 50.3 Å². The predicted molar refractivity (Wildman–Crippen MR) is 151 cm³/mol.